The Morgan fingerprint density at radius 1 is 1.64 bits per heavy atom. The molecule has 0 radical (unpaired) electrons. The van der Waals surface area contributed by atoms with Gasteiger partial charge in [0.25, 0.3) is 0 Å². The molecule has 4 nitrogen and oxygen atoms in total. The van der Waals surface area contributed by atoms with E-state index in [0.717, 1.165) is 5.57 Å². The van der Waals surface area contributed by atoms with Gasteiger partial charge < -0.3 is 5.11 Å². The average molecular weight is 154 g/mol. The van der Waals surface area contributed by atoms with Crippen molar-refractivity contribution in [2.75, 3.05) is 0 Å². The fourth-order valence-electron chi connectivity index (χ4n) is 0.811. The molecule has 0 unspecified atom stereocenters. The molecule has 1 rings (SSSR count). The van der Waals surface area contributed by atoms with Crippen molar-refractivity contribution in [3.63, 3.8) is 0 Å². The van der Waals surface area contributed by atoms with Crippen LogP contribution in [-0.2, 0) is 9.59 Å². The summed E-state index contributed by atoms with van der Waals surface area (Å²) in [6.07, 6.45) is 2.96. The Kier molecular flexibility index (Phi) is 1.87. The van der Waals surface area contributed by atoms with E-state index in [9.17, 15) is 9.59 Å². The Morgan fingerprint density at radius 2 is 2.27 bits per heavy atom. The highest BCUT2D eigenvalue weighted by atomic mass is 16.4. The van der Waals surface area contributed by atoms with Crippen LogP contribution in [0.15, 0.2) is 23.4 Å². The van der Waals surface area contributed by atoms with Crippen LogP contribution in [0.3, 0.4) is 0 Å². The summed E-state index contributed by atoms with van der Waals surface area (Å²) in [6, 6.07) is 0. The molecule has 3 N–H and O–H groups in total. The number of carbonyl (C=O) groups is 2. The summed E-state index contributed by atoms with van der Waals surface area (Å²) in [7, 11) is 0. The van der Waals surface area contributed by atoms with Gasteiger partial charge in [0.05, 0.1) is 0 Å². The third-order valence-corrected chi connectivity index (χ3v) is 1.37. The van der Waals surface area contributed by atoms with Gasteiger partial charge in [0.1, 0.15) is 6.20 Å². The number of quaternary nitrogens is 1. The molecule has 0 aliphatic carbocycles. The summed E-state index contributed by atoms with van der Waals surface area (Å²) in [5, 5.41) is 9.75. The summed E-state index contributed by atoms with van der Waals surface area (Å²) in [6.45, 7) is 1.74. The minimum Gasteiger partial charge on any atom is -0.477 e. The van der Waals surface area contributed by atoms with E-state index in [4.69, 9.17) is 5.11 Å². The van der Waals surface area contributed by atoms with Gasteiger partial charge in [-0.1, -0.05) is 0 Å². The molecule has 0 aromatic carbocycles. The second-order valence-electron chi connectivity index (χ2n) is 2.30. The minimum absolute atomic E-state index is 0.162. The second-order valence-corrected chi connectivity index (χ2v) is 2.30. The Hall–Kier alpha value is -1.42. The lowest BCUT2D eigenvalue weighted by Crippen LogP contribution is -2.84. The van der Waals surface area contributed by atoms with Crippen molar-refractivity contribution >= 4 is 11.9 Å². The van der Waals surface area contributed by atoms with Gasteiger partial charge in [-0.3, -0.25) is 5.32 Å². The van der Waals surface area contributed by atoms with Gasteiger partial charge in [0, 0.05) is 5.57 Å². The van der Waals surface area contributed by atoms with E-state index in [0.29, 0.717) is 0 Å². The van der Waals surface area contributed by atoms with Gasteiger partial charge in [0.15, 0.2) is 5.57 Å². The molecule has 4 heteroatoms. The first-order chi connectivity index (χ1) is 5.11. The number of nitrogens with two attached hydrogens (primary N) is 1. The first-order valence-electron chi connectivity index (χ1n) is 3.12. The van der Waals surface area contributed by atoms with Crippen molar-refractivity contribution in [3.05, 3.63) is 23.4 Å². The number of allylic oxidation sites excluding steroid dienone is 2. The molecule has 58 valence electrons. The molecule has 0 fully saturated rings. The molecule has 0 bridgehead atoms. The summed E-state index contributed by atoms with van der Waals surface area (Å²) >= 11 is 0. The third kappa shape index (κ3) is 1.53. The van der Waals surface area contributed by atoms with E-state index in [1.54, 1.807) is 13.1 Å². The number of primary amides is 1. The zero-order chi connectivity index (χ0) is 8.43. The van der Waals surface area contributed by atoms with Crippen molar-refractivity contribution in [2.45, 2.75) is 6.92 Å². The van der Waals surface area contributed by atoms with E-state index in [-0.39, 0.29) is 5.57 Å². The monoisotopic (exact) mass is 154 g/mol. The minimum atomic E-state index is -1.17. The van der Waals surface area contributed by atoms with E-state index in [1.165, 1.54) is 11.4 Å². The summed E-state index contributed by atoms with van der Waals surface area (Å²) in [5.41, 5.74) is 0.618. The highest BCUT2D eigenvalue weighted by molar-refractivity contribution is 6.12. The quantitative estimate of drug-likeness (QED) is 0.476. The smallest absolute Gasteiger partial charge is 0.354 e. The molecule has 0 aromatic rings. The van der Waals surface area contributed by atoms with Crippen LogP contribution in [0.25, 0.3) is 0 Å². The molecular weight excluding hydrogens is 146 g/mol. The number of amides is 1. The predicted octanol–water partition coefficient (Wildman–Crippen LogP) is -0.995. The lowest BCUT2D eigenvalue weighted by Gasteiger charge is -2.02. The average Bonchev–Trinajstić information content (AvgIpc) is 1.94. The van der Waals surface area contributed by atoms with Gasteiger partial charge >= 0.3 is 11.9 Å². The van der Waals surface area contributed by atoms with Gasteiger partial charge in [-0.2, -0.15) is 0 Å². The van der Waals surface area contributed by atoms with Crippen LogP contribution in [0.4, 0.5) is 0 Å². The number of hydrogen-bond acceptors (Lipinski definition) is 2. The first kappa shape index (κ1) is 7.68. The summed E-state index contributed by atoms with van der Waals surface area (Å²) < 4.78 is 0. The van der Waals surface area contributed by atoms with Gasteiger partial charge in [-0.25, -0.2) is 9.59 Å². The molecule has 0 spiro atoms. The molecule has 0 aromatic heterocycles. The lowest BCUT2D eigenvalue weighted by molar-refractivity contribution is -0.496. The van der Waals surface area contributed by atoms with Crippen molar-refractivity contribution < 1.29 is 20.0 Å². The number of carbonyl (C=O) groups excluding carboxylic acids is 1. The van der Waals surface area contributed by atoms with Crippen LogP contribution in [0.5, 0.6) is 0 Å². The number of carboxylic acids is 1. The summed E-state index contributed by atoms with van der Waals surface area (Å²) in [4.78, 5) is 21.2. The van der Waals surface area contributed by atoms with E-state index < -0.39 is 11.9 Å². The Morgan fingerprint density at radius 3 is 2.73 bits per heavy atom. The fraction of sp³-hybridized carbons (Fsp3) is 0.143. The third-order valence-electron chi connectivity index (χ3n) is 1.37. The Labute approximate surface area is 63.2 Å². The normalized spacial score (nSPS) is 17.4. The van der Waals surface area contributed by atoms with Gasteiger partial charge in [-0.15, -0.1) is 0 Å². The molecule has 0 saturated heterocycles. The molecular formula is C7H8NO3+. The zero-order valence-electron chi connectivity index (χ0n) is 6.00. The SMILES string of the molecule is CC1=C[NH2+]C(=O)C(C(=O)O)=C1. The van der Waals surface area contributed by atoms with Crippen LogP contribution in [0, 0.1) is 0 Å². The highest BCUT2D eigenvalue weighted by Gasteiger charge is 2.23. The Bertz CT molecular complexity index is 275. The standard InChI is InChI=1S/C7H7NO3/c1-4-2-5(7(10)11)6(9)8-3-4/h2-3H,1H3,(H,8,9)(H,10,11)/p+1. The van der Waals surface area contributed by atoms with Crippen LogP contribution < -0.4 is 5.32 Å². The zero-order valence-corrected chi connectivity index (χ0v) is 6.00. The molecule has 1 amide bonds. The number of carboxylic acid groups (broad SMARTS) is 1. The van der Waals surface area contributed by atoms with Crippen molar-refractivity contribution in [1.29, 1.82) is 0 Å². The second kappa shape index (κ2) is 2.67. The van der Waals surface area contributed by atoms with E-state index in [2.05, 4.69) is 0 Å². The van der Waals surface area contributed by atoms with E-state index >= 15 is 0 Å². The highest BCUT2D eigenvalue weighted by Crippen LogP contribution is 2.02. The van der Waals surface area contributed by atoms with Gasteiger partial charge in [-0.05, 0) is 13.0 Å². The summed E-state index contributed by atoms with van der Waals surface area (Å²) in [5.74, 6) is -1.61. The maximum atomic E-state index is 10.8. The van der Waals surface area contributed by atoms with Crippen molar-refractivity contribution in [3.8, 4) is 0 Å². The molecule has 1 heterocycles. The van der Waals surface area contributed by atoms with Crippen LogP contribution >= 0.6 is 0 Å². The number of hydrogen-bond donors (Lipinski definition) is 2. The molecule has 1 aliphatic heterocycles. The van der Waals surface area contributed by atoms with Crippen LogP contribution in [0.1, 0.15) is 6.92 Å². The van der Waals surface area contributed by atoms with E-state index in [1.807, 2.05) is 0 Å². The van der Waals surface area contributed by atoms with Gasteiger partial charge in [0.2, 0.25) is 0 Å². The topological polar surface area (TPSA) is 71.0 Å². The number of aliphatic carboxylic acids is 1. The molecule has 0 saturated carbocycles. The fourth-order valence-corrected chi connectivity index (χ4v) is 0.811. The molecule has 11 heavy (non-hydrogen) atoms. The molecule has 0 atom stereocenters. The maximum Gasteiger partial charge on any atom is 0.354 e. The largest absolute Gasteiger partial charge is 0.477 e. The van der Waals surface area contributed by atoms with Crippen molar-refractivity contribution in [2.24, 2.45) is 0 Å². The predicted molar refractivity (Wildman–Crippen MR) is 36.4 cm³/mol. The molecule has 1 aliphatic rings. The van der Waals surface area contributed by atoms with Crippen LogP contribution in [0.2, 0.25) is 0 Å². The number of rotatable bonds is 1. The maximum absolute atomic E-state index is 10.8. The first-order valence-corrected chi connectivity index (χ1v) is 3.12. The van der Waals surface area contributed by atoms with Crippen LogP contribution in [-0.4, -0.2) is 17.0 Å². The lowest BCUT2D eigenvalue weighted by atomic mass is 10.1. The van der Waals surface area contributed by atoms with Crippen molar-refractivity contribution in [1.82, 2.24) is 0 Å². The Balaban J connectivity index is 2.99.